The van der Waals surface area contributed by atoms with E-state index in [0.29, 0.717) is 21.8 Å². The molecule has 3 nitrogen and oxygen atoms in total. The van der Waals surface area contributed by atoms with Gasteiger partial charge in [-0.2, -0.15) is 0 Å². The Balaban J connectivity index is 2.35. The van der Waals surface area contributed by atoms with E-state index >= 15 is 0 Å². The van der Waals surface area contributed by atoms with Crippen LogP contribution in [0.2, 0.25) is 5.02 Å². The lowest BCUT2D eigenvalue weighted by Crippen LogP contribution is -2.18. The standard InChI is InChI=1S/C15H13ClN2OS/c1-9-4-2-3-5-11(9)15(19)18-13-8-10(16)6-7-12(13)14(17)20/h2-8H,1H3,(H2,17,20)(H,18,19). The summed E-state index contributed by atoms with van der Waals surface area (Å²) in [5.41, 5.74) is 8.24. The molecule has 3 N–H and O–H groups in total. The predicted octanol–water partition coefficient (Wildman–Crippen LogP) is 3.53. The van der Waals surface area contributed by atoms with Crippen molar-refractivity contribution < 1.29 is 4.79 Å². The smallest absolute Gasteiger partial charge is 0.255 e. The van der Waals surface area contributed by atoms with Crippen LogP contribution < -0.4 is 11.1 Å². The van der Waals surface area contributed by atoms with Crippen molar-refractivity contribution in [2.24, 2.45) is 5.73 Å². The number of halogens is 1. The number of amides is 1. The monoisotopic (exact) mass is 304 g/mol. The fraction of sp³-hybridized carbons (Fsp3) is 0.0667. The van der Waals surface area contributed by atoms with Crippen molar-refractivity contribution in [3.8, 4) is 0 Å². The summed E-state index contributed by atoms with van der Waals surface area (Å²) in [7, 11) is 0. The molecule has 20 heavy (non-hydrogen) atoms. The summed E-state index contributed by atoms with van der Waals surface area (Å²) in [6, 6.07) is 12.3. The zero-order valence-electron chi connectivity index (χ0n) is 10.8. The van der Waals surface area contributed by atoms with Gasteiger partial charge in [-0.25, -0.2) is 0 Å². The average molecular weight is 305 g/mol. The normalized spacial score (nSPS) is 10.1. The first kappa shape index (κ1) is 14.5. The second-order valence-corrected chi connectivity index (χ2v) is 5.20. The predicted molar refractivity (Wildman–Crippen MR) is 86.5 cm³/mol. The minimum Gasteiger partial charge on any atom is -0.389 e. The van der Waals surface area contributed by atoms with E-state index in [1.807, 2.05) is 25.1 Å². The van der Waals surface area contributed by atoms with Gasteiger partial charge in [0.1, 0.15) is 4.99 Å². The number of aryl methyl sites for hydroxylation is 1. The Morgan fingerprint density at radius 1 is 1.20 bits per heavy atom. The lowest BCUT2D eigenvalue weighted by molar-refractivity contribution is 0.102. The van der Waals surface area contributed by atoms with Crippen molar-refractivity contribution in [3.05, 3.63) is 64.2 Å². The lowest BCUT2D eigenvalue weighted by Gasteiger charge is -2.11. The molecule has 0 unspecified atom stereocenters. The number of carbonyl (C=O) groups excluding carboxylic acids is 1. The maximum Gasteiger partial charge on any atom is 0.255 e. The van der Waals surface area contributed by atoms with E-state index in [4.69, 9.17) is 29.6 Å². The summed E-state index contributed by atoms with van der Waals surface area (Å²) >= 11 is 10.9. The van der Waals surface area contributed by atoms with E-state index in [0.717, 1.165) is 5.56 Å². The SMILES string of the molecule is Cc1ccccc1C(=O)Nc1cc(Cl)ccc1C(N)=S. The fourth-order valence-electron chi connectivity index (χ4n) is 1.85. The highest BCUT2D eigenvalue weighted by Crippen LogP contribution is 2.22. The first-order valence-electron chi connectivity index (χ1n) is 5.95. The van der Waals surface area contributed by atoms with Crippen molar-refractivity contribution in [1.29, 1.82) is 0 Å². The molecule has 0 saturated carbocycles. The molecule has 2 rings (SSSR count). The summed E-state index contributed by atoms with van der Waals surface area (Å²) < 4.78 is 0. The Kier molecular flexibility index (Phi) is 4.37. The Labute approximate surface area is 127 Å². The Hall–Kier alpha value is -1.91. The zero-order valence-corrected chi connectivity index (χ0v) is 12.4. The summed E-state index contributed by atoms with van der Waals surface area (Å²) in [5, 5.41) is 3.30. The van der Waals surface area contributed by atoms with Crippen molar-refractivity contribution in [2.75, 3.05) is 5.32 Å². The van der Waals surface area contributed by atoms with Crippen LogP contribution in [0.5, 0.6) is 0 Å². The third-order valence-corrected chi connectivity index (χ3v) is 3.34. The van der Waals surface area contributed by atoms with Crippen LogP contribution in [-0.4, -0.2) is 10.9 Å². The number of anilines is 1. The minimum atomic E-state index is -0.220. The molecule has 2 aromatic rings. The molecule has 2 aromatic carbocycles. The Morgan fingerprint density at radius 2 is 1.90 bits per heavy atom. The molecule has 0 aliphatic carbocycles. The average Bonchev–Trinajstić information content (AvgIpc) is 2.38. The van der Waals surface area contributed by atoms with Gasteiger partial charge in [0.05, 0.1) is 5.69 Å². The van der Waals surface area contributed by atoms with Gasteiger partial charge in [-0.15, -0.1) is 0 Å². The third-order valence-electron chi connectivity index (χ3n) is 2.88. The van der Waals surface area contributed by atoms with Crippen molar-refractivity contribution in [3.63, 3.8) is 0 Å². The molecule has 0 saturated heterocycles. The number of hydrogen-bond donors (Lipinski definition) is 2. The largest absolute Gasteiger partial charge is 0.389 e. The molecule has 0 atom stereocenters. The van der Waals surface area contributed by atoms with E-state index in [2.05, 4.69) is 5.32 Å². The van der Waals surface area contributed by atoms with E-state index in [9.17, 15) is 4.79 Å². The molecule has 0 spiro atoms. The van der Waals surface area contributed by atoms with E-state index in [1.165, 1.54) is 0 Å². The van der Waals surface area contributed by atoms with Crippen LogP contribution in [0.3, 0.4) is 0 Å². The molecular formula is C15H13ClN2OS. The second kappa shape index (κ2) is 6.03. The van der Waals surface area contributed by atoms with Crippen LogP contribution in [0.15, 0.2) is 42.5 Å². The van der Waals surface area contributed by atoms with Gasteiger partial charge >= 0.3 is 0 Å². The maximum atomic E-state index is 12.3. The van der Waals surface area contributed by atoms with Gasteiger partial charge in [0.25, 0.3) is 5.91 Å². The quantitative estimate of drug-likeness (QED) is 0.853. The van der Waals surface area contributed by atoms with Gasteiger partial charge in [0.2, 0.25) is 0 Å². The number of rotatable bonds is 3. The van der Waals surface area contributed by atoms with Crippen LogP contribution in [-0.2, 0) is 0 Å². The van der Waals surface area contributed by atoms with Crippen molar-refractivity contribution in [2.45, 2.75) is 6.92 Å². The molecule has 0 aliphatic rings. The van der Waals surface area contributed by atoms with Crippen LogP contribution >= 0.6 is 23.8 Å². The molecule has 102 valence electrons. The van der Waals surface area contributed by atoms with Crippen LogP contribution in [0.1, 0.15) is 21.5 Å². The van der Waals surface area contributed by atoms with Crippen molar-refractivity contribution >= 4 is 40.4 Å². The molecule has 0 fully saturated rings. The van der Waals surface area contributed by atoms with Crippen LogP contribution in [0.4, 0.5) is 5.69 Å². The molecule has 0 radical (unpaired) electrons. The van der Waals surface area contributed by atoms with E-state index < -0.39 is 0 Å². The second-order valence-electron chi connectivity index (χ2n) is 4.32. The van der Waals surface area contributed by atoms with Gasteiger partial charge in [-0.05, 0) is 36.8 Å². The first-order valence-corrected chi connectivity index (χ1v) is 6.74. The summed E-state index contributed by atoms with van der Waals surface area (Å²) in [6.45, 7) is 1.88. The molecule has 5 heteroatoms. The molecular weight excluding hydrogens is 292 g/mol. The van der Waals surface area contributed by atoms with Crippen molar-refractivity contribution in [1.82, 2.24) is 0 Å². The Morgan fingerprint density at radius 3 is 2.55 bits per heavy atom. The third kappa shape index (κ3) is 3.15. The maximum absolute atomic E-state index is 12.3. The number of benzene rings is 2. The molecule has 0 heterocycles. The number of thiocarbonyl (C=S) groups is 1. The minimum absolute atomic E-state index is 0.210. The molecule has 0 bridgehead atoms. The topological polar surface area (TPSA) is 55.1 Å². The number of carbonyl (C=O) groups is 1. The molecule has 1 amide bonds. The highest BCUT2D eigenvalue weighted by molar-refractivity contribution is 7.80. The fourth-order valence-corrected chi connectivity index (χ4v) is 2.20. The summed E-state index contributed by atoms with van der Waals surface area (Å²) in [4.78, 5) is 12.5. The highest BCUT2D eigenvalue weighted by atomic mass is 35.5. The number of nitrogens with one attached hydrogen (secondary N) is 1. The highest BCUT2D eigenvalue weighted by Gasteiger charge is 2.12. The van der Waals surface area contributed by atoms with Gasteiger partial charge in [0, 0.05) is 16.1 Å². The summed E-state index contributed by atoms with van der Waals surface area (Å²) in [5.74, 6) is -0.220. The van der Waals surface area contributed by atoms with Gasteiger partial charge in [-0.3, -0.25) is 4.79 Å². The number of nitrogens with two attached hydrogens (primary N) is 1. The first-order chi connectivity index (χ1) is 9.49. The van der Waals surface area contributed by atoms with E-state index in [-0.39, 0.29) is 10.9 Å². The zero-order chi connectivity index (χ0) is 14.7. The Bertz CT molecular complexity index is 685. The number of hydrogen-bond acceptors (Lipinski definition) is 2. The van der Waals surface area contributed by atoms with Crippen LogP contribution in [0.25, 0.3) is 0 Å². The van der Waals surface area contributed by atoms with E-state index in [1.54, 1.807) is 24.3 Å². The van der Waals surface area contributed by atoms with Gasteiger partial charge in [-0.1, -0.05) is 42.0 Å². The van der Waals surface area contributed by atoms with Crippen LogP contribution in [0, 0.1) is 6.92 Å². The lowest BCUT2D eigenvalue weighted by atomic mass is 10.1. The summed E-state index contributed by atoms with van der Waals surface area (Å²) in [6.07, 6.45) is 0. The molecule has 0 aromatic heterocycles. The van der Waals surface area contributed by atoms with Gasteiger partial charge in [0.15, 0.2) is 0 Å². The molecule has 0 aliphatic heterocycles. The van der Waals surface area contributed by atoms with Gasteiger partial charge < -0.3 is 11.1 Å².